The number of hydrogen-bond acceptors (Lipinski definition) is 6. The molecule has 0 aliphatic carbocycles. The Hall–Kier alpha value is -2.64. The minimum absolute atomic E-state index is 0.0481. The Morgan fingerprint density at radius 3 is 2.59 bits per heavy atom. The Morgan fingerprint density at radius 2 is 1.91 bits per heavy atom. The van der Waals surface area contributed by atoms with Gasteiger partial charge in [-0.25, -0.2) is 22.9 Å². The Balaban J connectivity index is 1.35. The lowest BCUT2D eigenvalue weighted by molar-refractivity contribution is -0.344. The van der Waals surface area contributed by atoms with Crippen LogP contribution in [0.25, 0.3) is 0 Å². The van der Waals surface area contributed by atoms with Gasteiger partial charge in [-0.05, 0) is 44.0 Å². The van der Waals surface area contributed by atoms with Gasteiger partial charge in [-0.2, -0.15) is 0 Å². The molecule has 2 aliphatic heterocycles. The summed E-state index contributed by atoms with van der Waals surface area (Å²) in [6, 6.07) is 6.19. The zero-order valence-electron chi connectivity index (χ0n) is 18.2. The van der Waals surface area contributed by atoms with Crippen molar-refractivity contribution in [3.8, 4) is 0 Å². The van der Waals surface area contributed by atoms with Crippen molar-refractivity contribution in [2.45, 2.75) is 55.8 Å². The molecule has 3 unspecified atom stereocenters. The van der Waals surface area contributed by atoms with Gasteiger partial charge in [0.15, 0.2) is 0 Å². The topological polar surface area (TPSA) is 87.7 Å². The van der Waals surface area contributed by atoms with Crippen LogP contribution in [0.3, 0.4) is 0 Å². The number of nitrogens with one attached hydrogen (secondary N) is 1. The minimum Gasteiger partial charge on any atom is -0.351 e. The molecule has 1 aromatic carbocycles. The minimum atomic E-state index is -4.68. The van der Waals surface area contributed by atoms with Gasteiger partial charge in [0.2, 0.25) is 5.91 Å². The summed E-state index contributed by atoms with van der Waals surface area (Å²) in [6.07, 6.45) is -3.15. The fourth-order valence-corrected chi connectivity index (χ4v) is 5.48. The van der Waals surface area contributed by atoms with E-state index < -0.39 is 35.3 Å². The van der Waals surface area contributed by atoms with Crippen LogP contribution in [0, 0.1) is 5.82 Å². The predicted molar refractivity (Wildman–Crippen MR) is 114 cm³/mol. The van der Waals surface area contributed by atoms with Gasteiger partial charge in [-0.3, -0.25) is 9.53 Å². The number of carbonyl (C=O) groups excluding carboxylic acids is 1. The fraction of sp³-hybridized carbons (Fsp3) is 0.476. The molecule has 8 nitrogen and oxygen atoms in total. The lowest BCUT2D eigenvalue weighted by Gasteiger charge is -2.39. The van der Waals surface area contributed by atoms with Gasteiger partial charge in [0.05, 0.1) is 17.1 Å². The Morgan fingerprint density at radius 1 is 1.21 bits per heavy atom. The lowest BCUT2D eigenvalue weighted by Crippen LogP contribution is -2.54. The standard InChI is InChI=1S/C21H23F4N5O3S/c1-13-2-7-18(30(13)34(32)17-5-3-14(22)4-6-17)20(31)26-9-15-8-19(28-12-27-15)29-10-16(11-29)33-21(23,24)25/h3-6,8,12-13,16,18H,2,7,9-11H2,1H3,(H,26,31). The monoisotopic (exact) mass is 501 g/mol. The normalized spacial score (nSPS) is 22.4. The molecule has 3 heterocycles. The molecule has 1 N–H and O–H groups in total. The van der Waals surface area contributed by atoms with Crippen LogP contribution in [0.1, 0.15) is 25.5 Å². The zero-order chi connectivity index (χ0) is 24.5. The summed E-state index contributed by atoms with van der Waals surface area (Å²) in [7, 11) is -1.63. The summed E-state index contributed by atoms with van der Waals surface area (Å²) in [5.74, 6) is -0.312. The summed E-state index contributed by atoms with van der Waals surface area (Å²) in [5.41, 5.74) is 0.482. The average molecular weight is 502 g/mol. The van der Waals surface area contributed by atoms with Crippen LogP contribution < -0.4 is 10.2 Å². The number of benzene rings is 1. The van der Waals surface area contributed by atoms with E-state index in [2.05, 4.69) is 20.0 Å². The fourth-order valence-electron chi connectivity index (χ4n) is 4.00. The molecule has 2 aliphatic rings. The van der Waals surface area contributed by atoms with Crippen LogP contribution in [0.4, 0.5) is 23.4 Å². The van der Waals surface area contributed by atoms with Gasteiger partial charge in [0.1, 0.15) is 41.1 Å². The molecule has 0 radical (unpaired) electrons. The summed E-state index contributed by atoms with van der Waals surface area (Å²) in [5, 5.41) is 2.79. The van der Waals surface area contributed by atoms with E-state index in [0.29, 0.717) is 29.2 Å². The molecule has 3 atom stereocenters. The number of carbonyl (C=O) groups is 1. The molecule has 2 saturated heterocycles. The second kappa shape index (κ2) is 9.92. The number of halogens is 4. The first-order valence-electron chi connectivity index (χ1n) is 10.6. The molecule has 34 heavy (non-hydrogen) atoms. The van der Waals surface area contributed by atoms with Gasteiger partial charge >= 0.3 is 6.36 Å². The van der Waals surface area contributed by atoms with Crippen LogP contribution in [0.5, 0.6) is 0 Å². The highest BCUT2D eigenvalue weighted by atomic mass is 32.2. The molecule has 2 aromatic rings. The summed E-state index contributed by atoms with van der Waals surface area (Å²) < 4.78 is 68.8. The molecule has 184 valence electrons. The van der Waals surface area contributed by atoms with Crippen LogP contribution >= 0.6 is 0 Å². The molecule has 1 amide bonds. The average Bonchev–Trinajstić information content (AvgIpc) is 3.15. The van der Waals surface area contributed by atoms with Crippen molar-refractivity contribution < 1.29 is 31.3 Å². The van der Waals surface area contributed by atoms with E-state index in [1.54, 1.807) is 15.3 Å². The van der Waals surface area contributed by atoms with Crippen LogP contribution in [-0.4, -0.2) is 62.0 Å². The van der Waals surface area contributed by atoms with Crippen molar-refractivity contribution in [2.75, 3.05) is 18.0 Å². The number of nitrogens with zero attached hydrogens (tertiary/aromatic N) is 4. The molecule has 1 aromatic heterocycles. The summed E-state index contributed by atoms with van der Waals surface area (Å²) >= 11 is 0. The largest absolute Gasteiger partial charge is 0.522 e. The number of hydrogen-bond donors (Lipinski definition) is 1. The number of anilines is 1. The van der Waals surface area contributed by atoms with Crippen molar-refractivity contribution in [1.29, 1.82) is 0 Å². The third-order valence-corrected chi connectivity index (χ3v) is 7.41. The molecule has 0 spiro atoms. The van der Waals surface area contributed by atoms with E-state index >= 15 is 0 Å². The van der Waals surface area contributed by atoms with Crippen LogP contribution in [0.2, 0.25) is 0 Å². The van der Waals surface area contributed by atoms with Gasteiger partial charge in [0.25, 0.3) is 0 Å². The quantitative estimate of drug-likeness (QED) is 0.587. The Labute approximate surface area is 195 Å². The highest BCUT2D eigenvalue weighted by Gasteiger charge is 2.41. The first-order valence-corrected chi connectivity index (χ1v) is 11.8. The second-order valence-electron chi connectivity index (χ2n) is 8.18. The van der Waals surface area contributed by atoms with E-state index in [1.807, 2.05) is 6.92 Å². The SMILES string of the molecule is CC1CCC(C(=O)NCc2cc(N3CC(OC(F)(F)F)C3)ncn2)N1S(=O)c1ccc(F)cc1. The van der Waals surface area contributed by atoms with Crippen molar-refractivity contribution in [2.24, 2.45) is 0 Å². The highest BCUT2D eigenvalue weighted by molar-refractivity contribution is 7.82. The maximum atomic E-state index is 13.2. The number of ether oxygens (including phenoxy) is 1. The number of rotatable bonds is 7. The van der Waals surface area contributed by atoms with Gasteiger partial charge < -0.3 is 10.2 Å². The van der Waals surface area contributed by atoms with E-state index in [-0.39, 0.29) is 31.6 Å². The number of amides is 1. The third-order valence-electron chi connectivity index (χ3n) is 5.73. The Kier molecular flexibility index (Phi) is 7.14. The summed E-state index contributed by atoms with van der Waals surface area (Å²) in [6.45, 7) is 2.06. The van der Waals surface area contributed by atoms with E-state index in [1.165, 1.54) is 30.6 Å². The van der Waals surface area contributed by atoms with Gasteiger partial charge in [-0.15, -0.1) is 13.2 Å². The number of aromatic nitrogens is 2. The molecule has 0 saturated carbocycles. The Bertz CT molecular complexity index is 1050. The molecule has 2 fully saturated rings. The first kappa shape index (κ1) is 24.5. The van der Waals surface area contributed by atoms with Crippen molar-refractivity contribution in [1.82, 2.24) is 19.6 Å². The van der Waals surface area contributed by atoms with Crippen molar-refractivity contribution in [3.05, 3.63) is 48.2 Å². The maximum absolute atomic E-state index is 13.2. The number of alkyl halides is 3. The molecule has 4 rings (SSSR count). The lowest BCUT2D eigenvalue weighted by atomic mass is 10.1. The first-order chi connectivity index (χ1) is 16.1. The van der Waals surface area contributed by atoms with Crippen molar-refractivity contribution >= 4 is 22.7 Å². The van der Waals surface area contributed by atoms with Crippen LogP contribution in [0.15, 0.2) is 41.6 Å². The van der Waals surface area contributed by atoms with Crippen LogP contribution in [-0.2, 0) is 27.1 Å². The van der Waals surface area contributed by atoms with E-state index in [9.17, 15) is 26.6 Å². The maximum Gasteiger partial charge on any atom is 0.522 e. The van der Waals surface area contributed by atoms with Gasteiger partial charge in [-0.1, -0.05) is 0 Å². The van der Waals surface area contributed by atoms with E-state index in [0.717, 1.165) is 0 Å². The molecule has 0 bridgehead atoms. The smallest absolute Gasteiger partial charge is 0.351 e. The molecular formula is C21H23F4N5O3S. The van der Waals surface area contributed by atoms with E-state index in [4.69, 9.17) is 0 Å². The third kappa shape index (κ3) is 5.70. The highest BCUT2D eigenvalue weighted by Crippen LogP contribution is 2.29. The molecular weight excluding hydrogens is 478 g/mol. The predicted octanol–water partition coefficient (Wildman–Crippen LogP) is 2.53. The summed E-state index contributed by atoms with van der Waals surface area (Å²) in [4.78, 5) is 23.1. The van der Waals surface area contributed by atoms with Crippen molar-refractivity contribution in [3.63, 3.8) is 0 Å². The second-order valence-corrected chi connectivity index (χ2v) is 9.57. The molecule has 13 heteroatoms. The van der Waals surface area contributed by atoms with Gasteiger partial charge in [0, 0.05) is 25.2 Å². The zero-order valence-corrected chi connectivity index (χ0v) is 19.0.